The van der Waals surface area contributed by atoms with Gasteiger partial charge in [-0.15, -0.1) is 0 Å². The Morgan fingerprint density at radius 1 is 1.39 bits per heavy atom. The summed E-state index contributed by atoms with van der Waals surface area (Å²) in [5.74, 6) is 0.0970. The van der Waals surface area contributed by atoms with Crippen LogP contribution in [0, 0.1) is 0 Å². The maximum absolute atomic E-state index is 12.2. The maximum Gasteiger partial charge on any atom is 0.266 e. The smallest absolute Gasteiger partial charge is 0.266 e. The number of nitrogens with one attached hydrogen (secondary N) is 1. The number of fused-ring (bicyclic) bond motifs is 1. The summed E-state index contributed by atoms with van der Waals surface area (Å²) >= 11 is 9.13. The fourth-order valence-corrected chi connectivity index (χ4v) is 2.62. The van der Waals surface area contributed by atoms with Gasteiger partial charge in [0, 0.05) is 10.7 Å². The first-order valence-electron chi connectivity index (χ1n) is 6.68. The van der Waals surface area contributed by atoms with Gasteiger partial charge >= 0.3 is 0 Å². The number of hydrogen-bond acceptors (Lipinski definition) is 4. The average Bonchev–Trinajstić information content (AvgIpc) is 2.50. The number of benzene rings is 1. The van der Waals surface area contributed by atoms with E-state index in [4.69, 9.17) is 16.3 Å². The Hall–Kier alpha value is -2.12. The van der Waals surface area contributed by atoms with Crippen LogP contribution in [0.25, 0.3) is 0 Å². The monoisotopic (exact) mass is 395 g/mol. The highest BCUT2D eigenvalue weighted by atomic mass is 79.9. The van der Waals surface area contributed by atoms with Crippen molar-refractivity contribution in [1.82, 2.24) is 4.98 Å². The Balaban J connectivity index is 1.78. The molecule has 8 heteroatoms. The Kier molecular flexibility index (Phi) is 4.49. The van der Waals surface area contributed by atoms with Crippen molar-refractivity contribution in [3.05, 3.63) is 46.0 Å². The molecule has 6 nitrogen and oxygen atoms in total. The first-order chi connectivity index (χ1) is 11.0. The van der Waals surface area contributed by atoms with Crippen molar-refractivity contribution in [3.63, 3.8) is 0 Å². The SMILES string of the molecule is O=C(CN1C(=O)COc2ccc(Br)nc21)Nc1cccc(Cl)c1. The van der Waals surface area contributed by atoms with Crippen LogP contribution in [-0.4, -0.2) is 29.9 Å². The molecule has 23 heavy (non-hydrogen) atoms. The third-order valence-corrected chi connectivity index (χ3v) is 3.80. The lowest BCUT2D eigenvalue weighted by molar-refractivity contribution is -0.123. The van der Waals surface area contributed by atoms with Gasteiger partial charge in [0.2, 0.25) is 5.91 Å². The normalized spacial score (nSPS) is 13.3. The lowest BCUT2D eigenvalue weighted by Crippen LogP contribution is -2.44. The van der Waals surface area contributed by atoms with Gasteiger partial charge in [-0.1, -0.05) is 17.7 Å². The van der Waals surface area contributed by atoms with Gasteiger partial charge in [-0.3, -0.25) is 14.5 Å². The average molecular weight is 397 g/mol. The molecule has 0 aliphatic carbocycles. The minimum atomic E-state index is -0.352. The Morgan fingerprint density at radius 2 is 2.22 bits per heavy atom. The number of aromatic nitrogens is 1. The molecule has 0 bridgehead atoms. The summed E-state index contributed by atoms with van der Waals surface area (Å²) in [7, 11) is 0. The lowest BCUT2D eigenvalue weighted by Gasteiger charge is -2.27. The number of rotatable bonds is 3. The van der Waals surface area contributed by atoms with E-state index < -0.39 is 0 Å². The lowest BCUT2D eigenvalue weighted by atomic mass is 10.3. The quantitative estimate of drug-likeness (QED) is 0.810. The van der Waals surface area contributed by atoms with Gasteiger partial charge < -0.3 is 10.1 Å². The van der Waals surface area contributed by atoms with Crippen molar-refractivity contribution < 1.29 is 14.3 Å². The molecule has 0 atom stereocenters. The van der Waals surface area contributed by atoms with Gasteiger partial charge in [0.1, 0.15) is 11.1 Å². The van der Waals surface area contributed by atoms with Gasteiger partial charge in [0.15, 0.2) is 18.2 Å². The van der Waals surface area contributed by atoms with Crippen molar-refractivity contribution in [2.75, 3.05) is 23.4 Å². The van der Waals surface area contributed by atoms with Crippen LogP contribution in [0.3, 0.4) is 0 Å². The molecule has 0 saturated carbocycles. The molecular formula is C15H11BrClN3O3. The molecule has 118 valence electrons. The number of amides is 2. The molecule has 1 aromatic carbocycles. The predicted molar refractivity (Wildman–Crippen MR) is 89.9 cm³/mol. The second-order valence-corrected chi connectivity index (χ2v) is 6.03. The number of carbonyl (C=O) groups excluding carboxylic acids is 2. The van der Waals surface area contributed by atoms with Gasteiger partial charge in [0.05, 0.1) is 0 Å². The number of halogens is 2. The van der Waals surface area contributed by atoms with E-state index in [2.05, 4.69) is 26.2 Å². The number of nitrogens with zero attached hydrogens (tertiary/aromatic N) is 2. The molecule has 3 rings (SSSR count). The molecule has 2 aromatic rings. The number of hydrogen-bond donors (Lipinski definition) is 1. The van der Waals surface area contributed by atoms with Crippen molar-refractivity contribution in [1.29, 1.82) is 0 Å². The minimum Gasteiger partial charge on any atom is -0.480 e. The third kappa shape index (κ3) is 3.62. The van der Waals surface area contributed by atoms with Gasteiger partial charge in [-0.25, -0.2) is 4.98 Å². The van der Waals surface area contributed by atoms with E-state index in [1.165, 1.54) is 4.90 Å². The summed E-state index contributed by atoms with van der Waals surface area (Å²) in [4.78, 5) is 29.8. The molecule has 1 aliphatic heterocycles. The highest BCUT2D eigenvalue weighted by Gasteiger charge is 2.28. The zero-order valence-corrected chi connectivity index (χ0v) is 14.1. The molecule has 0 fully saturated rings. The Morgan fingerprint density at radius 3 is 3.00 bits per heavy atom. The zero-order chi connectivity index (χ0) is 16.4. The number of carbonyl (C=O) groups is 2. The summed E-state index contributed by atoms with van der Waals surface area (Å²) in [6.07, 6.45) is 0. The van der Waals surface area contributed by atoms with E-state index >= 15 is 0 Å². The summed E-state index contributed by atoms with van der Waals surface area (Å²) in [6, 6.07) is 10.2. The zero-order valence-electron chi connectivity index (χ0n) is 11.8. The molecule has 2 heterocycles. The number of pyridine rings is 1. The standard InChI is InChI=1S/C15H11BrClN3O3/c16-12-5-4-11-15(19-12)20(14(22)8-23-11)7-13(21)18-10-3-1-2-9(17)6-10/h1-6H,7-8H2,(H,18,21). The number of ether oxygens (including phenoxy) is 1. The first kappa shape index (κ1) is 15.8. The van der Waals surface area contributed by atoms with Crippen molar-refractivity contribution in [3.8, 4) is 5.75 Å². The molecule has 2 amide bonds. The molecule has 0 spiro atoms. The molecule has 1 aromatic heterocycles. The Labute approximate surface area is 145 Å². The van der Waals surface area contributed by atoms with Crippen LogP contribution in [0.5, 0.6) is 5.75 Å². The fourth-order valence-electron chi connectivity index (χ4n) is 2.13. The van der Waals surface area contributed by atoms with E-state index in [1.807, 2.05) is 0 Å². The van der Waals surface area contributed by atoms with Crippen molar-refractivity contribution >= 4 is 50.9 Å². The van der Waals surface area contributed by atoms with Crippen molar-refractivity contribution in [2.45, 2.75) is 0 Å². The molecule has 0 saturated heterocycles. The van der Waals surface area contributed by atoms with Crippen LogP contribution >= 0.6 is 27.5 Å². The van der Waals surface area contributed by atoms with E-state index in [9.17, 15) is 9.59 Å². The van der Waals surface area contributed by atoms with E-state index in [1.54, 1.807) is 36.4 Å². The third-order valence-electron chi connectivity index (χ3n) is 3.12. The van der Waals surface area contributed by atoms with Crippen LogP contribution in [0.15, 0.2) is 41.0 Å². The van der Waals surface area contributed by atoms with Gasteiger partial charge in [-0.05, 0) is 46.3 Å². The second kappa shape index (κ2) is 6.55. The second-order valence-electron chi connectivity index (χ2n) is 4.78. The highest BCUT2D eigenvalue weighted by molar-refractivity contribution is 9.10. The summed E-state index contributed by atoms with van der Waals surface area (Å²) < 4.78 is 5.86. The fraction of sp³-hybridized carbons (Fsp3) is 0.133. The van der Waals surface area contributed by atoms with E-state index in [0.29, 0.717) is 26.9 Å². The molecule has 1 aliphatic rings. The largest absolute Gasteiger partial charge is 0.480 e. The summed E-state index contributed by atoms with van der Waals surface area (Å²) in [5, 5.41) is 3.21. The van der Waals surface area contributed by atoms with Gasteiger partial charge in [-0.2, -0.15) is 0 Å². The van der Waals surface area contributed by atoms with Crippen LogP contribution < -0.4 is 15.0 Å². The molecule has 0 radical (unpaired) electrons. The van der Waals surface area contributed by atoms with Crippen molar-refractivity contribution in [2.24, 2.45) is 0 Å². The first-order valence-corrected chi connectivity index (χ1v) is 7.85. The van der Waals surface area contributed by atoms with Gasteiger partial charge in [0.25, 0.3) is 5.91 Å². The summed E-state index contributed by atoms with van der Waals surface area (Å²) in [5.41, 5.74) is 0.561. The maximum atomic E-state index is 12.2. The summed E-state index contributed by atoms with van der Waals surface area (Å²) in [6.45, 7) is -0.286. The van der Waals surface area contributed by atoms with Crippen LogP contribution in [0.1, 0.15) is 0 Å². The Bertz CT molecular complexity index is 784. The van der Waals surface area contributed by atoms with Crippen LogP contribution in [0.2, 0.25) is 5.02 Å². The van der Waals surface area contributed by atoms with E-state index in [0.717, 1.165) is 0 Å². The number of anilines is 2. The minimum absolute atomic E-state index is 0.124. The molecule has 0 unspecified atom stereocenters. The molecular weight excluding hydrogens is 386 g/mol. The molecule has 1 N–H and O–H groups in total. The highest BCUT2D eigenvalue weighted by Crippen LogP contribution is 2.31. The van der Waals surface area contributed by atoms with E-state index in [-0.39, 0.29) is 25.0 Å². The predicted octanol–water partition coefficient (Wildman–Crippen LogP) is 2.86. The van der Waals surface area contributed by atoms with Crippen LogP contribution in [0.4, 0.5) is 11.5 Å². The topological polar surface area (TPSA) is 71.5 Å². The van der Waals surface area contributed by atoms with Crippen LogP contribution in [-0.2, 0) is 9.59 Å².